The molecule has 0 saturated heterocycles. The van der Waals surface area contributed by atoms with Crippen LogP contribution in [0.15, 0.2) is 0 Å². The molecule has 16 heavy (non-hydrogen) atoms. The minimum absolute atomic E-state index is 0.191. The van der Waals surface area contributed by atoms with Crippen molar-refractivity contribution in [2.45, 2.75) is 26.8 Å². The lowest BCUT2D eigenvalue weighted by molar-refractivity contribution is 0.0948. The average Bonchev–Trinajstić information content (AvgIpc) is 2.40. The van der Waals surface area contributed by atoms with Crippen LogP contribution in [0.25, 0.3) is 0 Å². The van der Waals surface area contributed by atoms with Gasteiger partial charge in [0.1, 0.15) is 0 Å². The Balaban J connectivity index is 2.93. The Morgan fingerprint density at radius 2 is 2.12 bits per heavy atom. The maximum atomic E-state index is 11.9. The van der Waals surface area contributed by atoms with Crippen LogP contribution in [0.5, 0.6) is 0 Å². The highest BCUT2D eigenvalue weighted by atomic mass is 32.1. The fourth-order valence-corrected chi connectivity index (χ4v) is 1.50. The highest BCUT2D eigenvalue weighted by molar-refractivity contribution is 7.80. The number of thiocarbonyl (C=S) groups is 1. The molecule has 0 aliphatic rings. The molecular weight excluding hydrogens is 224 g/mol. The van der Waals surface area contributed by atoms with E-state index in [1.807, 2.05) is 6.92 Å². The molecular formula is C10H16N4OS. The molecule has 1 heterocycles. The number of nitrogens with zero attached hydrogens (tertiary/aromatic N) is 2. The first kappa shape index (κ1) is 12.6. The lowest BCUT2D eigenvalue weighted by atomic mass is 10.1. The van der Waals surface area contributed by atoms with Crippen LogP contribution in [0.4, 0.5) is 0 Å². The smallest absolute Gasteiger partial charge is 0.255 e. The predicted octanol–water partition coefficient (Wildman–Crippen LogP) is 0.441. The number of hydrogen-bond acceptors (Lipinski definition) is 3. The van der Waals surface area contributed by atoms with Gasteiger partial charge in [-0.2, -0.15) is 5.10 Å². The van der Waals surface area contributed by atoms with E-state index in [2.05, 4.69) is 10.4 Å². The normalized spacial score (nSPS) is 12.2. The van der Waals surface area contributed by atoms with Gasteiger partial charge in [0.15, 0.2) is 0 Å². The number of nitrogens with one attached hydrogen (secondary N) is 1. The molecule has 3 N–H and O–H groups in total. The summed E-state index contributed by atoms with van der Waals surface area (Å²) in [7, 11) is 1.80. The zero-order valence-electron chi connectivity index (χ0n) is 9.87. The van der Waals surface area contributed by atoms with Crippen molar-refractivity contribution in [1.82, 2.24) is 15.1 Å². The molecule has 6 heteroatoms. The van der Waals surface area contributed by atoms with Crippen molar-refractivity contribution in [3.8, 4) is 0 Å². The highest BCUT2D eigenvalue weighted by Crippen LogP contribution is 2.11. The molecule has 1 unspecified atom stereocenters. The molecule has 88 valence electrons. The van der Waals surface area contributed by atoms with Crippen molar-refractivity contribution in [2.24, 2.45) is 12.8 Å². The number of amides is 1. The molecule has 0 spiro atoms. The minimum Gasteiger partial charge on any atom is -0.392 e. The standard InChI is InChI=1S/C10H16N4OS/c1-5-8(7(3)14(4)13-5)10(15)12-6(2)9(11)16/h6H,1-4H3,(H2,11,16)(H,12,15). The van der Waals surface area contributed by atoms with E-state index in [1.165, 1.54) is 0 Å². The summed E-state index contributed by atoms with van der Waals surface area (Å²) < 4.78 is 1.68. The Bertz CT molecular complexity index is 438. The van der Waals surface area contributed by atoms with Gasteiger partial charge in [0.25, 0.3) is 5.91 Å². The van der Waals surface area contributed by atoms with Gasteiger partial charge in [0.05, 0.1) is 22.3 Å². The van der Waals surface area contributed by atoms with Gasteiger partial charge in [0, 0.05) is 12.7 Å². The molecule has 0 bridgehead atoms. The molecule has 0 saturated carbocycles. The summed E-state index contributed by atoms with van der Waals surface area (Å²) in [6.07, 6.45) is 0. The van der Waals surface area contributed by atoms with Crippen molar-refractivity contribution in [1.29, 1.82) is 0 Å². The Hall–Kier alpha value is -1.43. The van der Waals surface area contributed by atoms with Gasteiger partial charge in [-0.25, -0.2) is 0 Å². The molecule has 1 rings (SSSR count). The fraction of sp³-hybridized carbons (Fsp3) is 0.500. The second kappa shape index (κ2) is 4.61. The maximum Gasteiger partial charge on any atom is 0.255 e. The predicted molar refractivity (Wildman–Crippen MR) is 66.4 cm³/mol. The monoisotopic (exact) mass is 240 g/mol. The number of carbonyl (C=O) groups is 1. The van der Waals surface area contributed by atoms with E-state index in [0.29, 0.717) is 11.3 Å². The molecule has 0 fully saturated rings. The Morgan fingerprint density at radius 3 is 2.50 bits per heavy atom. The van der Waals surface area contributed by atoms with Crippen LogP contribution in [0, 0.1) is 13.8 Å². The molecule has 0 aromatic carbocycles. The van der Waals surface area contributed by atoms with E-state index in [4.69, 9.17) is 18.0 Å². The number of nitrogens with two attached hydrogens (primary N) is 1. The van der Waals surface area contributed by atoms with Gasteiger partial charge < -0.3 is 11.1 Å². The third-order valence-corrected chi connectivity index (χ3v) is 2.86. The van der Waals surface area contributed by atoms with E-state index in [0.717, 1.165) is 5.69 Å². The van der Waals surface area contributed by atoms with Crippen molar-refractivity contribution in [3.63, 3.8) is 0 Å². The zero-order chi connectivity index (χ0) is 12.5. The number of carbonyl (C=O) groups excluding carboxylic acids is 1. The van der Waals surface area contributed by atoms with Crippen molar-refractivity contribution in [3.05, 3.63) is 17.0 Å². The summed E-state index contributed by atoms with van der Waals surface area (Å²) >= 11 is 4.80. The Kier molecular flexibility index (Phi) is 3.64. The lowest BCUT2D eigenvalue weighted by Gasteiger charge is -2.12. The zero-order valence-corrected chi connectivity index (χ0v) is 10.7. The van der Waals surface area contributed by atoms with Gasteiger partial charge >= 0.3 is 0 Å². The average molecular weight is 240 g/mol. The minimum atomic E-state index is -0.318. The van der Waals surface area contributed by atoms with Crippen LogP contribution in [-0.4, -0.2) is 26.7 Å². The SMILES string of the molecule is Cc1nn(C)c(C)c1C(=O)NC(C)C(N)=S. The van der Waals surface area contributed by atoms with E-state index < -0.39 is 0 Å². The molecule has 1 amide bonds. The topological polar surface area (TPSA) is 72.9 Å². The van der Waals surface area contributed by atoms with Crippen LogP contribution in [0.2, 0.25) is 0 Å². The largest absolute Gasteiger partial charge is 0.392 e. The second-order valence-electron chi connectivity index (χ2n) is 3.77. The van der Waals surface area contributed by atoms with Gasteiger partial charge in [-0.3, -0.25) is 9.48 Å². The summed E-state index contributed by atoms with van der Waals surface area (Å²) in [5.74, 6) is -0.191. The van der Waals surface area contributed by atoms with Gasteiger partial charge in [-0.15, -0.1) is 0 Å². The van der Waals surface area contributed by atoms with Crippen molar-refractivity contribution >= 4 is 23.1 Å². The van der Waals surface area contributed by atoms with Crippen LogP contribution in [0.3, 0.4) is 0 Å². The molecule has 0 radical (unpaired) electrons. The van der Waals surface area contributed by atoms with Crippen LogP contribution in [-0.2, 0) is 7.05 Å². The number of rotatable bonds is 3. The summed E-state index contributed by atoms with van der Waals surface area (Å²) in [4.78, 5) is 12.2. The molecule has 0 aliphatic heterocycles. The second-order valence-corrected chi connectivity index (χ2v) is 4.24. The van der Waals surface area contributed by atoms with Crippen molar-refractivity contribution < 1.29 is 4.79 Å². The summed E-state index contributed by atoms with van der Waals surface area (Å²) in [6.45, 7) is 5.40. The highest BCUT2D eigenvalue weighted by Gasteiger charge is 2.19. The van der Waals surface area contributed by atoms with Crippen LogP contribution < -0.4 is 11.1 Å². The van der Waals surface area contributed by atoms with Gasteiger partial charge in [0.2, 0.25) is 0 Å². The number of aryl methyl sites for hydroxylation is 2. The Labute approximate surface area is 100 Å². The maximum absolute atomic E-state index is 11.9. The first-order valence-corrected chi connectivity index (χ1v) is 5.35. The van der Waals surface area contributed by atoms with E-state index in [1.54, 1.807) is 25.6 Å². The molecule has 0 aliphatic carbocycles. The van der Waals surface area contributed by atoms with Gasteiger partial charge in [-0.05, 0) is 20.8 Å². The van der Waals surface area contributed by atoms with Crippen molar-refractivity contribution in [2.75, 3.05) is 0 Å². The summed E-state index contributed by atoms with van der Waals surface area (Å²) in [6, 6.07) is -0.318. The molecule has 1 aromatic heterocycles. The third kappa shape index (κ3) is 2.38. The summed E-state index contributed by atoms with van der Waals surface area (Å²) in [5.41, 5.74) is 7.55. The van der Waals surface area contributed by atoms with E-state index in [-0.39, 0.29) is 16.9 Å². The third-order valence-electron chi connectivity index (χ3n) is 2.51. The number of aromatic nitrogens is 2. The first-order chi connectivity index (χ1) is 7.34. The molecule has 1 atom stereocenters. The quantitative estimate of drug-likeness (QED) is 0.752. The summed E-state index contributed by atoms with van der Waals surface area (Å²) in [5, 5.41) is 6.91. The lowest BCUT2D eigenvalue weighted by Crippen LogP contribution is -2.41. The first-order valence-electron chi connectivity index (χ1n) is 4.95. The van der Waals surface area contributed by atoms with Gasteiger partial charge in [-0.1, -0.05) is 12.2 Å². The van der Waals surface area contributed by atoms with Crippen LogP contribution >= 0.6 is 12.2 Å². The van der Waals surface area contributed by atoms with Crippen LogP contribution in [0.1, 0.15) is 28.7 Å². The number of hydrogen-bond donors (Lipinski definition) is 2. The van der Waals surface area contributed by atoms with E-state index in [9.17, 15) is 4.79 Å². The fourth-order valence-electron chi connectivity index (χ4n) is 1.44. The molecule has 1 aromatic rings. The Morgan fingerprint density at radius 1 is 1.56 bits per heavy atom. The molecule has 5 nitrogen and oxygen atoms in total. The van der Waals surface area contributed by atoms with E-state index >= 15 is 0 Å².